The zero-order valence-electron chi connectivity index (χ0n) is 21.2. The van der Waals surface area contributed by atoms with Crippen LogP contribution in [0.3, 0.4) is 0 Å². The molecule has 4 rings (SSSR count). The molecule has 0 N–H and O–H groups in total. The molecule has 0 amide bonds. The molecule has 2 heterocycles. The van der Waals surface area contributed by atoms with E-state index in [9.17, 15) is 9.59 Å². The van der Waals surface area contributed by atoms with Gasteiger partial charge in [-0.05, 0) is 50.6 Å². The van der Waals surface area contributed by atoms with Gasteiger partial charge in [-0.3, -0.25) is 9.36 Å². The van der Waals surface area contributed by atoms with Gasteiger partial charge in [0.1, 0.15) is 11.8 Å². The molecule has 0 unspecified atom stereocenters. The minimum absolute atomic E-state index is 0.201. The second-order valence-electron chi connectivity index (χ2n) is 8.00. The third kappa shape index (κ3) is 5.08. The summed E-state index contributed by atoms with van der Waals surface area (Å²) >= 11 is 4.82. The van der Waals surface area contributed by atoms with E-state index >= 15 is 0 Å². The highest BCUT2D eigenvalue weighted by Gasteiger charge is 2.35. The van der Waals surface area contributed by atoms with Crippen molar-refractivity contribution in [1.29, 1.82) is 0 Å². The highest BCUT2D eigenvalue weighted by Crippen LogP contribution is 2.36. The summed E-state index contributed by atoms with van der Waals surface area (Å²) in [5.74, 6) is 1.18. The topological polar surface area (TPSA) is 88.4 Å². The normalized spacial score (nSPS) is 15.2. The molecular formula is C27H27BrN2O6S. The molecular weight excluding hydrogens is 560 g/mol. The van der Waals surface area contributed by atoms with Crippen LogP contribution in [0.4, 0.5) is 0 Å². The van der Waals surface area contributed by atoms with Crippen molar-refractivity contribution in [3.05, 3.63) is 83.0 Å². The minimum Gasteiger partial charge on any atom is -0.496 e. The van der Waals surface area contributed by atoms with Gasteiger partial charge in [-0.15, -0.1) is 0 Å². The smallest absolute Gasteiger partial charge is 0.338 e. The quantitative estimate of drug-likeness (QED) is 0.371. The number of carbonyl (C=O) groups excluding carboxylic acids is 1. The van der Waals surface area contributed by atoms with Gasteiger partial charge in [0.2, 0.25) is 0 Å². The molecule has 0 saturated carbocycles. The fraction of sp³-hybridized carbons (Fsp3) is 0.296. The van der Waals surface area contributed by atoms with Gasteiger partial charge in [0.25, 0.3) is 5.56 Å². The Hall–Kier alpha value is -3.37. The van der Waals surface area contributed by atoms with E-state index in [1.54, 1.807) is 46.3 Å². The summed E-state index contributed by atoms with van der Waals surface area (Å²) in [7, 11) is 3.13. The molecule has 10 heteroatoms. The van der Waals surface area contributed by atoms with Crippen molar-refractivity contribution in [3.8, 4) is 17.2 Å². The van der Waals surface area contributed by atoms with Crippen molar-refractivity contribution < 1.29 is 23.7 Å². The van der Waals surface area contributed by atoms with Crippen LogP contribution in [0.1, 0.15) is 37.9 Å². The van der Waals surface area contributed by atoms with E-state index in [2.05, 4.69) is 20.9 Å². The molecule has 37 heavy (non-hydrogen) atoms. The summed E-state index contributed by atoms with van der Waals surface area (Å²) in [4.78, 5) is 32.1. The number of nitrogens with zero attached hydrogens (tertiary/aromatic N) is 2. The van der Waals surface area contributed by atoms with Crippen molar-refractivity contribution >= 4 is 39.3 Å². The van der Waals surface area contributed by atoms with Crippen LogP contribution in [0.15, 0.2) is 61.9 Å². The Morgan fingerprint density at radius 1 is 1.11 bits per heavy atom. The highest BCUT2D eigenvalue weighted by atomic mass is 79.9. The number of halogens is 1. The molecule has 8 nitrogen and oxygen atoms in total. The van der Waals surface area contributed by atoms with Gasteiger partial charge < -0.3 is 18.9 Å². The Morgan fingerprint density at radius 2 is 1.84 bits per heavy atom. The maximum Gasteiger partial charge on any atom is 0.338 e. The van der Waals surface area contributed by atoms with Crippen molar-refractivity contribution in [2.24, 2.45) is 4.99 Å². The number of ether oxygens (including phenoxy) is 4. The molecule has 0 spiro atoms. The van der Waals surface area contributed by atoms with Crippen LogP contribution in [-0.4, -0.2) is 38.0 Å². The Balaban J connectivity index is 1.97. The predicted molar refractivity (Wildman–Crippen MR) is 145 cm³/mol. The molecule has 1 atom stereocenters. The second kappa shape index (κ2) is 11.4. The van der Waals surface area contributed by atoms with Gasteiger partial charge in [-0.25, -0.2) is 9.79 Å². The number of carbonyl (C=O) groups is 1. The first-order valence-corrected chi connectivity index (χ1v) is 13.3. The van der Waals surface area contributed by atoms with E-state index in [4.69, 9.17) is 18.9 Å². The maximum absolute atomic E-state index is 13.9. The van der Waals surface area contributed by atoms with Crippen LogP contribution in [0, 0.1) is 0 Å². The standard InChI is InChI=1S/C27H27BrN2O6S/c1-6-35-21-12-16(18(28)14-20(21)34-5)13-22-25(31)30-24(17-10-8-9-11-19(17)33-4)23(26(32)36-7-2)15(3)29-27(30)37-22/h8-14,24H,6-7H2,1-5H3/t24-/m1/s1. The summed E-state index contributed by atoms with van der Waals surface area (Å²) in [6.07, 6.45) is 1.78. The fourth-order valence-corrected chi connectivity index (χ4v) is 5.68. The third-order valence-corrected chi connectivity index (χ3v) is 7.49. The highest BCUT2D eigenvalue weighted by molar-refractivity contribution is 9.10. The van der Waals surface area contributed by atoms with Crippen LogP contribution >= 0.6 is 27.3 Å². The number of hydrogen-bond donors (Lipinski definition) is 0. The van der Waals surface area contributed by atoms with Crippen molar-refractivity contribution in [2.45, 2.75) is 26.8 Å². The van der Waals surface area contributed by atoms with Gasteiger partial charge >= 0.3 is 5.97 Å². The number of aromatic nitrogens is 1. The lowest BCUT2D eigenvalue weighted by atomic mass is 9.95. The largest absolute Gasteiger partial charge is 0.496 e. The lowest BCUT2D eigenvalue weighted by Crippen LogP contribution is -2.40. The lowest BCUT2D eigenvalue weighted by Gasteiger charge is -2.25. The maximum atomic E-state index is 13.9. The summed E-state index contributed by atoms with van der Waals surface area (Å²) in [5.41, 5.74) is 1.92. The zero-order chi connectivity index (χ0) is 26.7. The molecule has 0 radical (unpaired) electrons. The Morgan fingerprint density at radius 3 is 2.51 bits per heavy atom. The number of para-hydroxylation sites is 1. The van der Waals surface area contributed by atoms with Crippen LogP contribution in [0.25, 0.3) is 6.08 Å². The minimum atomic E-state index is -0.758. The second-order valence-corrected chi connectivity index (χ2v) is 9.87. The molecule has 1 aliphatic heterocycles. The number of rotatable bonds is 8. The Labute approximate surface area is 226 Å². The molecule has 2 aromatic carbocycles. The third-order valence-electron chi connectivity index (χ3n) is 5.82. The average molecular weight is 587 g/mol. The number of thiazole rings is 1. The number of methoxy groups -OCH3 is 2. The molecule has 0 aliphatic carbocycles. The molecule has 0 saturated heterocycles. The molecule has 0 bridgehead atoms. The van der Waals surface area contributed by atoms with Crippen LogP contribution < -0.4 is 29.1 Å². The number of fused-ring (bicyclic) bond motifs is 1. The fourth-order valence-electron chi connectivity index (χ4n) is 4.21. The summed E-state index contributed by atoms with van der Waals surface area (Å²) in [6.45, 7) is 6.05. The van der Waals surface area contributed by atoms with Crippen LogP contribution in [-0.2, 0) is 9.53 Å². The number of hydrogen-bond acceptors (Lipinski definition) is 8. The average Bonchev–Trinajstić information content (AvgIpc) is 3.19. The number of esters is 1. The first-order chi connectivity index (χ1) is 17.8. The molecule has 1 aromatic heterocycles. The van der Waals surface area contributed by atoms with Crippen LogP contribution in [0.5, 0.6) is 17.2 Å². The molecule has 194 valence electrons. The monoisotopic (exact) mass is 586 g/mol. The molecule has 3 aromatic rings. The van der Waals surface area contributed by atoms with E-state index in [1.807, 2.05) is 31.2 Å². The first-order valence-electron chi connectivity index (χ1n) is 11.7. The summed E-state index contributed by atoms with van der Waals surface area (Å²) in [6, 6.07) is 10.2. The summed E-state index contributed by atoms with van der Waals surface area (Å²) < 4.78 is 24.8. The first kappa shape index (κ1) is 26.7. The predicted octanol–water partition coefficient (Wildman–Crippen LogP) is 3.98. The molecule has 1 aliphatic rings. The molecule has 0 fully saturated rings. The van der Waals surface area contributed by atoms with E-state index in [1.165, 1.54) is 15.9 Å². The van der Waals surface area contributed by atoms with Crippen molar-refractivity contribution in [3.63, 3.8) is 0 Å². The number of benzene rings is 2. The van der Waals surface area contributed by atoms with Crippen molar-refractivity contribution in [1.82, 2.24) is 4.57 Å². The lowest BCUT2D eigenvalue weighted by molar-refractivity contribution is -0.139. The summed E-state index contributed by atoms with van der Waals surface area (Å²) in [5, 5.41) is 0. The van der Waals surface area contributed by atoms with Crippen molar-refractivity contribution in [2.75, 3.05) is 27.4 Å². The Bertz CT molecular complexity index is 1560. The van der Waals surface area contributed by atoms with Gasteiger partial charge in [-0.2, -0.15) is 0 Å². The van der Waals surface area contributed by atoms with Gasteiger partial charge in [0, 0.05) is 10.0 Å². The van der Waals surface area contributed by atoms with E-state index in [0.717, 1.165) is 10.0 Å². The van der Waals surface area contributed by atoms with Gasteiger partial charge in [-0.1, -0.05) is 45.5 Å². The van der Waals surface area contributed by atoms with E-state index in [0.29, 0.717) is 50.0 Å². The zero-order valence-corrected chi connectivity index (χ0v) is 23.6. The SMILES string of the molecule is CCOC(=O)C1=C(C)N=c2sc(=Cc3cc(OCC)c(OC)cc3Br)c(=O)n2[C@@H]1c1ccccc1OC. The van der Waals surface area contributed by atoms with Gasteiger partial charge in [0.15, 0.2) is 16.3 Å². The van der Waals surface area contributed by atoms with Gasteiger partial charge in [0.05, 0.1) is 43.2 Å². The van der Waals surface area contributed by atoms with E-state index < -0.39 is 12.0 Å². The Kier molecular flexibility index (Phi) is 8.19. The van der Waals surface area contributed by atoms with E-state index in [-0.39, 0.29) is 12.2 Å². The number of allylic oxidation sites excluding steroid dienone is 1. The van der Waals surface area contributed by atoms with Crippen LogP contribution in [0.2, 0.25) is 0 Å².